The van der Waals surface area contributed by atoms with Crippen LogP contribution in [0.4, 0.5) is 0 Å². The number of aromatic nitrogens is 3. The Balaban J connectivity index is 0.00000364. The molecule has 0 spiro atoms. The first-order valence-corrected chi connectivity index (χ1v) is 10.3. The zero-order valence-corrected chi connectivity index (χ0v) is 19.7. The fourth-order valence-corrected chi connectivity index (χ4v) is 3.17. The first-order valence-electron chi connectivity index (χ1n) is 10.3. The lowest BCUT2D eigenvalue weighted by atomic mass is 10.2. The Labute approximate surface area is 181 Å². The van der Waals surface area contributed by atoms with Gasteiger partial charge in [-0.1, -0.05) is 26.2 Å². The van der Waals surface area contributed by atoms with Crippen molar-refractivity contribution >= 4 is 29.9 Å². The van der Waals surface area contributed by atoms with E-state index in [-0.39, 0.29) is 24.0 Å². The van der Waals surface area contributed by atoms with E-state index in [9.17, 15) is 0 Å². The van der Waals surface area contributed by atoms with E-state index in [2.05, 4.69) is 32.7 Å². The van der Waals surface area contributed by atoms with Crippen molar-refractivity contribution in [3.05, 3.63) is 11.6 Å². The Morgan fingerprint density at radius 2 is 1.70 bits per heavy atom. The Bertz CT molecular complexity index is 536. The Hall–Kier alpha value is -0.900. The number of unbranched alkanes of at least 4 members (excludes halogenated alkanes) is 1. The average Bonchev–Trinajstić information content (AvgIpc) is 2.83. The maximum absolute atomic E-state index is 4.70. The lowest BCUT2D eigenvalue weighted by Gasteiger charge is -2.20. The molecule has 1 aliphatic heterocycles. The van der Waals surface area contributed by atoms with E-state index >= 15 is 0 Å². The normalized spacial score (nSPS) is 15.9. The molecule has 1 aromatic rings. The van der Waals surface area contributed by atoms with Crippen LogP contribution in [0.2, 0.25) is 0 Å². The molecule has 0 saturated carbocycles. The predicted octanol–water partition coefficient (Wildman–Crippen LogP) is 2.84. The summed E-state index contributed by atoms with van der Waals surface area (Å²) >= 11 is 0. The number of hydrogen-bond donors (Lipinski definition) is 2. The van der Waals surface area contributed by atoms with Gasteiger partial charge in [0.2, 0.25) is 0 Å². The van der Waals surface area contributed by atoms with Crippen molar-refractivity contribution in [3.63, 3.8) is 0 Å². The third-order valence-corrected chi connectivity index (χ3v) is 5.03. The molecule has 0 unspecified atom stereocenters. The molecule has 7 nitrogen and oxygen atoms in total. The quantitative estimate of drug-likeness (QED) is 0.241. The second-order valence-corrected chi connectivity index (χ2v) is 7.20. The highest BCUT2D eigenvalue weighted by Crippen LogP contribution is 2.09. The summed E-state index contributed by atoms with van der Waals surface area (Å²) in [4.78, 5) is 7.31. The van der Waals surface area contributed by atoms with Crippen molar-refractivity contribution in [1.29, 1.82) is 0 Å². The van der Waals surface area contributed by atoms with E-state index in [1.165, 1.54) is 51.7 Å². The molecule has 156 valence electrons. The van der Waals surface area contributed by atoms with Crippen LogP contribution in [-0.2, 0) is 13.6 Å². The van der Waals surface area contributed by atoms with Gasteiger partial charge in [-0.25, -0.2) is 4.99 Å². The molecule has 2 rings (SSSR count). The van der Waals surface area contributed by atoms with Gasteiger partial charge in [0.05, 0.1) is 0 Å². The molecule has 0 aliphatic carbocycles. The molecule has 1 aromatic heterocycles. The Morgan fingerprint density at radius 1 is 1.04 bits per heavy atom. The summed E-state index contributed by atoms with van der Waals surface area (Å²) in [5, 5.41) is 15.2. The van der Waals surface area contributed by atoms with Crippen LogP contribution in [0.1, 0.15) is 63.5 Å². The Kier molecular flexibility index (Phi) is 12.6. The van der Waals surface area contributed by atoms with Crippen LogP contribution in [0, 0.1) is 6.92 Å². The van der Waals surface area contributed by atoms with Gasteiger partial charge in [-0.15, -0.1) is 34.2 Å². The van der Waals surface area contributed by atoms with E-state index in [1.54, 1.807) is 0 Å². The minimum atomic E-state index is 0. The first kappa shape index (κ1) is 24.1. The molecule has 0 radical (unpaired) electrons. The van der Waals surface area contributed by atoms with Crippen LogP contribution < -0.4 is 10.6 Å². The summed E-state index contributed by atoms with van der Waals surface area (Å²) in [6.07, 6.45) is 8.99. The number of guanidine groups is 1. The molecule has 1 aliphatic rings. The van der Waals surface area contributed by atoms with E-state index < -0.39 is 0 Å². The van der Waals surface area contributed by atoms with Crippen molar-refractivity contribution < 1.29 is 0 Å². The summed E-state index contributed by atoms with van der Waals surface area (Å²) in [7, 11) is 1.99. The molecule has 27 heavy (non-hydrogen) atoms. The number of halogens is 1. The third kappa shape index (κ3) is 9.23. The van der Waals surface area contributed by atoms with Crippen LogP contribution in [0.25, 0.3) is 0 Å². The maximum atomic E-state index is 4.70. The topological polar surface area (TPSA) is 70.4 Å². The number of aliphatic imine (C=N–C) groups is 1. The van der Waals surface area contributed by atoms with Crippen LogP contribution in [-0.4, -0.2) is 58.3 Å². The highest BCUT2D eigenvalue weighted by Gasteiger charge is 2.09. The largest absolute Gasteiger partial charge is 0.356 e. The first-order chi connectivity index (χ1) is 12.7. The molecular formula is C19H38IN7. The van der Waals surface area contributed by atoms with Gasteiger partial charge in [-0.05, 0) is 52.2 Å². The number of nitrogens with one attached hydrogen (secondary N) is 2. The maximum Gasteiger partial charge on any atom is 0.191 e. The molecule has 0 amide bonds. The summed E-state index contributed by atoms with van der Waals surface area (Å²) in [6.45, 7) is 10.3. The van der Waals surface area contributed by atoms with Crippen molar-refractivity contribution in [3.8, 4) is 0 Å². The highest BCUT2D eigenvalue weighted by molar-refractivity contribution is 14.0. The molecule has 1 fully saturated rings. The van der Waals surface area contributed by atoms with E-state index in [0.717, 1.165) is 43.5 Å². The molecule has 1 saturated heterocycles. The standard InChI is InChI=1S/C19H37N7.HI/c1-4-5-11-20-19(22-16-18-24-23-17(2)25(18)3)21-12-10-15-26-13-8-6-7-9-14-26;/h4-16H2,1-3H3,(H2,20,21,22);1H. The fraction of sp³-hybridized carbons (Fsp3) is 0.842. The molecule has 0 bridgehead atoms. The van der Waals surface area contributed by atoms with Gasteiger partial charge >= 0.3 is 0 Å². The summed E-state index contributed by atoms with van der Waals surface area (Å²) in [6, 6.07) is 0. The molecule has 2 N–H and O–H groups in total. The van der Waals surface area contributed by atoms with Crippen LogP contribution in [0.15, 0.2) is 4.99 Å². The minimum absolute atomic E-state index is 0. The number of rotatable bonds is 9. The number of hydrogen-bond acceptors (Lipinski definition) is 4. The van der Waals surface area contributed by atoms with Gasteiger partial charge in [-0.2, -0.15) is 0 Å². The molecule has 0 atom stereocenters. The number of nitrogens with zero attached hydrogens (tertiary/aromatic N) is 5. The van der Waals surface area contributed by atoms with Gasteiger partial charge in [0.15, 0.2) is 11.8 Å². The molecular weight excluding hydrogens is 453 g/mol. The van der Waals surface area contributed by atoms with Crippen molar-refractivity contribution in [2.45, 2.75) is 65.3 Å². The lowest BCUT2D eigenvalue weighted by molar-refractivity contribution is 0.282. The van der Waals surface area contributed by atoms with Gasteiger partial charge in [0.25, 0.3) is 0 Å². The zero-order chi connectivity index (χ0) is 18.6. The second kappa shape index (κ2) is 14.1. The van der Waals surface area contributed by atoms with Gasteiger partial charge < -0.3 is 20.1 Å². The smallest absolute Gasteiger partial charge is 0.191 e. The van der Waals surface area contributed by atoms with Crippen molar-refractivity contribution in [1.82, 2.24) is 30.3 Å². The minimum Gasteiger partial charge on any atom is -0.356 e. The molecule has 2 heterocycles. The van der Waals surface area contributed by atoms with E-state index in [0.29, 0.717) is 6.54 Å². The van der Waals surface area contributed by atoms with Gasteiger partial charge in [0, 0.05) is 20.1 Å². The van der Waals surface area contributed by atoms with Crippen molar-refractivity contribution in [2.24, 2.45) is 12.0 Å². The summed E-state index contributed by atoms with van der Waals surface area (Å²) in [5.41, 5.74) is 0. The second-order valence-electron chi connectivity index (χ2n) is 7.20. The molecule has 8 heteroatoms. The number of likely N-dealkylation sites (tertiary alicyclic amines) is 1. The monoisotopic (exact) mass is 491 g/mol. The van der Waals surface area contributed by atoms with Crippen molar-refractivity contribution in [2.75, 3.05) is 32.7 Å². The van der Waals surface area contributed by atoms with Crippen LogP contribution >= 0.6 is 24.0 Å². The summed E-state index contributed by atoms with van der Waals surface area (Å²) < 4.78 is 1.99. The third-order valence-electron chi connectivity index (χ3n) is 5.03. The predicted molar refractivity (Wildman–Crippen MR) is 123 cm³/mol. The lowest BCUT2D eigenvalue weighted by Crippen LogP contribution is -2.39. The van der Waals surface area contributed by atoms with E-state index in [1.807, 2.05) is 18.5 Å². The van der Waals surface area contributed by atoms with E-state index in [4.69, 9.17) is 4.99 Å². The highest BCUT2D eigenvalue weighted by atomic mass is 127. The zero-order valence-electron chi connectivity index (χ0n) is 17.3. The number of aryl methyl sites for hydroxylation is 1. The summed E-state index contributed by atoms with van der Waals surface area (Å²) in [5.74, 6) is 2.69. The molecule has 0 aromatic carbocycles. The van der Waals surface area contributed by atoms with Gasteiger partial charge in [-0.3, -0.25) is 0 Å². The van der Waals surface area contributed by atoms with Crippen LogP contribution in [0.3, 0.4) is 0 Å². The fourth-order valence-electron chi connectivity index (χ4n) is 3.17. The Morgan fingerprint density at radius 3 is 2.30 bits per heavy atom. The average molecular weight is 491 g/mol. The SMILES string of the molecule is CCCCNC(=NCc1nnc(C)n1C)NCCCN1CCCCCC1.I. The van der Waals surface area contributed by atoms with Crippen LogP contribution in [0.5, 0.6) is 0 Å². The van der Waals surface area contributed by atoms with Gasteiger partial charge in [0.1, 0.15) is 12.4 Å².